The van der Waals surface area contributed by atoms with Crippen LogP contribution in [0.5, 0.6) is 11.5 Å². The smallest absolute Gasteiger partial charge is 0.425 e. The minimum Gasteiger partial charge on any atom is -0.494 e. The first-order chi connectivity index (χ1) is 23.1. The number of benzene rings is 3. The molecule has 6 nitrogen and oxygen atoms in total. The number of halogens is 4. The van der Waals surface area contributed by atoms with E-state index in [0.29, 0.717) is 13.0 Å². The van der Waals surface area contributed by atoms with Gasteiger partial charge in [-0.2, -0.15) is 13.2 Å². The van der Waals surface area contributed by atoms with Crippen LogP contribution in [-0.4, -0.2) is 44.5 Å². The second-order valence-electron chi connectivity index (χ2n) is 11.7. The highest BCUT2D eigenvalue weighted by Gasteiger charge is 2.42. The van der Waals surface area contributed by atoms with Crippen molar-refractivity contribution in [2.24, 2.45) is 0 Å². The second-order valence-corrected chi connectivity index (χ2v) is 11.7. The van der Waals surface area contributed by atoms with E-state index in [1.54, 1.807) is 24.3 Å². The Labute approximate surface area is 280 Å². The molecule has 0 aliphatic rings. The van der Waals surface area contributed by atoms with Gasteiger partial charge in [0.05, 0.1) is 17.7 Å². The average molecular weight is 675 g/mol. The SMILES string of the molecule is CCCCCCCCCCCOc1ccc(-c2ccc(C(=O)Oc3ccc(C(=O)O[C@H](CCCCOC)C(F)(F)F)c(F)c3)cc2)cc1. The fourth-order valence-corrected chi connectivity index (χ4v) is 5.09. The Balaban J connectivity index is 1.47. The molecule has 262 valence electrons. The van der Waals surface area contributed by atoms with Gasteiger partial charge in [-0.05, 0) is 73.2 Å². The normalized spacial score (nSPS) is 12.0. The third-order valence-corrected chi connectivity index (χ3v) is 7.88. The summed E-state index contributed by atoms with van der Waals surface area (Å²) >= 11 is 0. The van der Waals surface area contributed by atoms with E-state index in [0.717, 1.165) is 47.9 Å². The van der Waals surface area contributed by atoms with Crippen molar-refractivity contribution in [3.63, 3.8) is 0 Å². The third kappa shape index (κ3) is 13.3. The molecule has 10 heteroatoms. The van der Waals surface area contributed by atoms with E-state index < -0.39 is 42.0 Å². The second kappa shape index (κ2) is 20.4. The summed E-state index contributed by atoms with van der Waals surface area (Å²) in [6, 6.07) is 17.1. The van der Waals surface area contributed by atoms with Crippen LogP contribution in [0.15, 0.2) is 66.7 Å². The minimum atomic E-state index is -4.81. The molecule has 48 heavy (non-hydrogen) atoms. The molecule has 0 aliphatic heterocycles. The molecule has 0 N–H and O–H groups in total. The molecule has 0 saturated carbocycles. The van der Waals surface area contributed by atoms with Gasteiger partial charge in [0.1, 0.15) is 17.3 Å². The maximum atomic E-state index is 14.7. The van der Waals surface area contributed by atoms with Crippen molar-refractivity contribution >= 4 is 11.9 Å². The molecule has 0 radical (unpaired) electrons. The van der Waals surface area contributed by atoms with E-state index in [4.69, 9.17) is 14.2 Å². The minimum absolute atomic E-state index is 0.102. The lowest BCUT2D eigenvalue weighted by molar-refractivity contribution is -0.206. The van der Waals surface area contributed by atoms with Gasteiger partial charge < -0.3 is 18.9 Å². The zero-order valence-electron chi connectivity index (χ0n) is 27.8. The lowest BCUT2D eigenvalue weighted by atomic mass is 10.0. The predicted octanol–water partition coefficient (Wildman–Crippen LogP) is 10.5. The van der Waals surface area contributed by atoms with Crippen LogP contribution >= 0.6 is 0 Å². The summed E-state index contributed by atoms with van der Waals surface area (Å²) in [4.78, 5) is 25.0. The molecule has 0 aromatic heterocycles. The number of hydrogen-bond donors (Lipinski definition) is 0. The molecule has 3 aromatic rings. The predicted molar refractivity (Wildman–Crippen MR) is 177 cm³/mol. The molecular weight excluding hydrogens is 628 g/mol. The van der Waals surface area contributed by atoms with E-state index in [1.807, 2.05) is 24.3 Å². The van der Waals surface area contributed by atoms with E-state index in [9.17, 15) is 27.2 Å². The van der Waals surface area contributed by atoms with Crippen molar-refractivity contribution in [2.45, 2.75) is 96.3 Å². The zero-order valence-corrected chi connectivity index (χ0v) is 27.8. The average Bonchev–Trinajstić information content (AvgIpc) is 3.07. The highest BCUT2D eigenvalue weighted by molar-refractivity contribution is 5.92. The molecule has 0 aliphatic carbocycles. The van der Waals surface area contributed by atoms with Gasteiger partial charge in [-0.3, -0.25) is 0 Å². The van der Waals surface area contributed by atoms with Crippen LogP contribution < -0.4 is 9.47 Å². The molecule has 0 heterocycles. The monoisotopic (exact) mass is 674 g/mol. The Kier molecular flexibility index (Phi) is 16.4. The van der Waals surface area contributed by atoms with Crippen molar-refractivity contribution in [2.75, 3.05) is 20.3 Å². The summed E-state index contributed by atoms with van der Waals surface area (Å²) in [5.74, 6) is -2.84. The molecule has 3 rings (SSSR count). The summed E-state index contributed by atoms with van der Waals surface area (Å²) in [5, 5.41) is 0. The molecule has 0 saturated heterocycles. The fraction of sp³-hybridized carbons (Fsp3) is 0.474. The van der Waals surface area contributed by atoms with Gasteiger partial charge in [0.15, 0.2) is 6.10 Å². The topological polar surface area (TPSA) is 71.1 Å². The van der Waals surface area contributed by atoms with Gasteiger partial charge in [-0.25, -0.2) is 14.0 Å². The number of carbonyl (C=O) groups is 2. The first-order valence-corrected chi connectivity index (χ1v) is 16.7. The van der Waals surface area contributed by atoms with E-state index >= 15 is 0 Å². The molecule has 0 unspecified atom stereocenters. The van der Waals surface area contributed by atoms with E-state index in [2.05, 4.69) is 11.7 Å². The van der Waals surface area contributed by atoms with Gasteiger partial charge in [0.2, 0.25) is 0 Å². The fourth-order valence-electron chi connectivity index (χ4n) is 5.09. The largest absolute Gasteiger partial charge is 0.494 e. The Morgan fingerprint density at radius 1 is 0.688 bits per heavy atom. The van der Waals surface area contributed by atoms with Gasteiger partial charge in [-0.15, -0.1) is 0 Å². The molecule has 0 spiro atoms. The van der Waals surface area contributed by atoms with Crippen molar-refractivity contribution in [1.82, 2.24) is 0 Å². The maximum absolute atomic E-state index is 14.7. The molecule has 1 atom stereocenters. The van der Waals surface area contributed by atoms with Crippen LogP contribution in [0.3, 0.4) is 0 Å². The Bertz CT molecular complexity index is 1390. The summed E-state index contributed by atoms with van der Waals surface area (Å²) in [6.45, 7) is 3.17. The van der Waals surface area contributed by atoms with Crippen molar-refractivity contribution < 1.29 is 46.1 Å². The van der Waals surface area contributed by atoms with E-state index in [1.165, 1.54) is 52.1 Å². The summed E-state index contributed by atoms with van der Waals surface area (Å²) in [7, 11) is 1.43. The van der Waals surface area contributed by atoms with Crippen LogP contribution in [-0.2, 0) is 9.47 Å². The quantitative estimate of drug-likeness (QED) is 0.0485. The number of hydrogen-bond acceptors (Lipinski definition) is 6. The number of rotatable bonds is 21. The highest BCUT2D eigenvalue weighted by atomic mass is 19.4. The maximum Gasteiger partial charge on any atom is 0.425 e. The molecule has 0 bridgehead atoms. The molecule has 0 fully saturated rings. The molecule has 0 amide bonds. The number of unbranched alkanes of at least 4 members (excludes halogenated alkanes) is 9. The number of alkyl halides is 3. The van der Waals surface area contributed by atoms with Crippen molar-refractivity contribution in [1.29, 1.82) is 0 Å². The van der Waals surface area contributed by atoms with Gasteiger partial charge in [-0.1, -0.05) is 82.6 Å². The van der Waals surface area contributed by atoms with Gasteiger partial charge in [0, 0.05) is 19.8 Å². The lowest BCUT2D eigenvalue weighted by Gasteiger charge is -2.21. The van der Waals surface area contributed by atoms with Gasteiger partial charge in [0.25, 0.3) is 0 Å². The first-order valence-electron chi connectivity index (χ1n) is 16.7. The van der Waals surface area contributed by atoms with Gasteiger partial charge >= 0.3 is 18.1 Å². The highest BCUT2D eigenvalue weighted by Crippen LogP contribution is 2.29. The number of carbonyl (C=O) groups excluding carboxylic acids is 2. The van der Waals surface area contributed by atoms with Crippen LogP contribution in [0.25, 0.3) is 11.1 Å². The Morgan fingerprint density at radius 2 is 1.25 bits per heavy atom. The number of esters is 2. The lowest BCUT2D eigenvalue weighted by Crippen LogP contribution is -2.34. The summed E-state index contributed by atoms with van der Waals surface area (Å²) < 4.78 is 75.3. The zero-order chi connectivity index (χ0) is 34.8. The molecular formula is C38H46F4O6. The Morgan fingerprint density at radius 3 is 1.83 bits per heavy atom. The van der Waals surface area contributed by atoms with Crippen molar-refractivity contribution in [3.8, 4) is 22.6 Å². The number of ether oxygens (including phenoxy) is 4. The third-order valence-electron chi connectivity index (χ3n) is 7.88. The summed E-state index contributed by atoms with van der Waals surface area (Å²) in [5.41, 5.74) is 1.29. The van der Waals surface area contributed by atoms with Crippen molar-refractivity contribution in [3.05, 3.63) is 83.7 Å². The standard InChI is InChI=1S/C38H46F4O6/c1-3-4-5-6-7-8-9-10-12-26-46-31-21-19-29(20-22-31)28-15-17-30(18-16-28)36(43)47-32-23-24-33(34(39)27-32)37(44)48-35(38(40,41)42)14-11-13-25-45-2/h15-24,27,35H,3-14,25-26H2,1-2H3/t35-/m1/s1. The molecule has 3 aromatic carbocycles. The summed E-state index contributed by atoms with van der Waals surface area (Å²) in [6.07, 6.45) is 4.07. The van der Waals surface area contributed by atoms with Crippen LogP contribution in [0.1, 0.15) is 105 Å². The van der Waals surface area contributed by atoms with E-state index in [-0.39, 0.29) is 24.3 Å². The van der Waals surface area contributed by atoms with Crippen LogP contribution in [0, 0.1) is 5.82 Å². The van der Waals surface area contributed by atoms with Crippen LogP contribution in [0.4, 0.5) is 17.6 Å². The Hall–Kier alpha value is -3.92. The first kappa shape index (κ1) is 38.5. The number of methoxy groups -OCH3 is 1. The van der Waals surface area contributed by atoms with Crippen LogP contribution in [0.2, 0.25) is 0 Å².